The van der Waals surface area contributed by atoms with E-state index in [1.807, 2.05) is 30.3 Å². The summed E-state index contributed by atoms with van der Waals surface area (Å²) in [4.78, 5) is 4.28. The highest BCUT2D eigenvalue weighted by Crippen LogP contribution is 2.36. The van der Waals surface area contributed by atoms with Gasteiger partial charge in [-0.25, -0.2) is 0 Å². The Morgan fingerprint density at radius 2 is 1.53 bits per heavy atom. The Labute approximate surface area is 115 Å². The van der Waals surface area contributed by atoms with E-state index < -0.39 is 0 Å². The van der Waals surface area contributed by atoms with Gasteiger partial charge < -0.3 is 0 Å². The summed E-state index contributed by atoms with van der Waals surface area (Å²) in [5, 5.41) is 1.12. The van der Waals surface area contributed by atoms with Crippen molar-refractivity contribution in [3.05, 3.63) is 63.1 Å². The van der Waals surface area contributed by atoms with Gasteiger partial charge in [-0.05, 0) is 17.7 Å². The Morgan fingerprint density at radius 1 is 0.824 bits per heavy atom. The maximum atomic E-state index is 6.03. The molecule has 0 unspecified atom stereocenters. The summed E-state index contributed by atoms with van der Waals surface area (Å²) in [7, 11) is 0. The van der Waals surface area contributed by atoms with Crippen LogP contribution in [0.2, 0.25) is 15.1 Å². The van der Waals surface area contributed by atoms with Gasteiger partial charge >= 0.3 is 0 Å². The Balaban J connectivity index is 2.31. The third-order valence-electron chi connectivity index (χ3n) is 2.17. The van der Waals surface area contributed by atoms with Gasteiger partial charge in [0.25, 0.3) is 0 Å². The lowest BCUT2D eigenvalue weighted by molar-refractivity contribution is 1.52. The number of hydrogen-bond acceptors (Lipinski definition) is 1. The second kappa shape index (κ2) is 5.54. The van der Waals surface area contributed by atoms with Crippen molar-refractivity contribution in [2.24, 2.45) is 4.99 Å². The zero-order chi connectivity index (χ0) is 12.3. The maximum absolute atomic E-state index is 6.03. The van der Waals surface area contributed by atoms with E-state index >= 15 is 0 Å². The summed E-state index contributed by atoms with van der Waals surface area (Å²) in [6, 6.07) is 13.1. The molecule has 0 atom stereocenters. The summed E-state index contributed by atoms with van der Waals surface area (Å²) < 4.78 is 0. The molecule has 86 valence electrons. The third-order valence-corrected chi connectivity index (χ3v) is 3.45. The molecular formula is C13H8Cl3N. The van der Waals surface area contributed by atoms with Crippen LogP contribution < -0.4 is 0 Å². The molecule has 0 N–H and O–H groups in total. The Bertz CT molecular complexity index is 550. The van der Waals surface area contributed by atoms with Crippen LogP contribution >= 0.6 is 34.8 Å². The number of aliphatic imine (C=N–C) groups is 1. The molecule has 0 spiro atoms. The van der Waals surface area contributed by atoms with Gasteiger partial charge in [-0.1, -0.05) is 65.1 Å². The van der Waals surface area contributed by atoms with Gasteiger partial charge in [0.2, 0.25) is 0 Å². The second-order valence-corrected chi connectivity index (χ2v) is 4.53. The molecule has 0 saturated heterocycles. The van der Waals surface area contributed by atoms with Gasteiger partial charge in [0, 0.05) is 6.21 Å². The summed E-state index contributed by atoms with van der Waals surface area (Å²) in [6.45, 7) is 0. The third kappa shape index (κ3) is 3.01. The first-order valence-corrected chi connectivity index (χ1v) is 6.04. The van der Waals surface area contributed by atoms with Crippen LogP contribution in [-0.4, -0.2) is 6.21 Å². The Hall–Kier alpha value is -1.02. The van der Waals surface area contributed by atoms with Crippen LogP contribution in [0.4, 0.5) is 5.69 Å². The molecule has 2 aromatic carbocycles. The van der Waals surface area contributed by atoms with Gasteiger partial charge in [0.05, 0.1) is 20.8 Å². The Morgan fingerprint density at radius 3 is 2.24 bits per heavy atom. The van der Waals surface area contributed by atoms with E-state index in [-0.39, 0.29) is 0 Å². The molecule has 0 aliphatic rings. The fourth-order valence-corrected chi connectivity index (χ4v) is 1.88. The molecule has 1 nitrogen and oxygen atoms in total. The van der Waals surface area contributed by atoms with Crippen molar-refractivity contribution >= 4 is 46.7 Å². The van der Waals surface area contributed by atoms with Crippen molar-refractivity contribution in [3.63, 3.8) is 0 Å². The average Bonchev–Trinajstić information content (AvgIpc) is 2.36. The number of nitrogens with zero attached hydrogens (tertiary/aromatic N) is 1. The predicted octanol–water partition coefficient (Wildman–Crippen LogP) is 5.40. The zero-order valence-corrected chi connectivity index (χ0v) is 11.0. The molecule has 0 amide bonds. The molecular weight excluding hydrogens is 277 g/mol. The maximum Gasteiger partial charge on any atom is 0.0864 e. The molecule has 4 heteroatoms. The molecule has 0 aliphatic heterocycles. The lowest BCUT2D eigenvalue weighted by Gasteiger charge is -2.02. The van der Waals surface area contributed by atoms with Crippen molar-refractivity contribution in [2.45, 2.75) is 0 Å². The van der Waals surface area contributed by atoms with Gasteiger partial charge in [-0.2, -0.15) is 0 Å². The highest BCUT2D eigenvalue weighted by molar-refractivity contribution is 6.49. The second-order valence-electron chi connectivity index (χ2n) is 3.36. The van der Waals surface area contributed by atoms with E-state index in [0.717, 1.165) is 5.56 Å². The molecule has 0 aromatic heterocycles. The van der Waals surface area contributed by atoms with Crippen LogP contribution in [0.1, 0.15) is 5.56 Å². The molecule has 0 saturated carbocycles. The van der Waals surface area contributed by atoms with Crippen molar-refractivity contribution < 1.29 is 0 Å². The predicted molar refractivity (Wildman–Crippen MR) is 75.2 cm³/mol. The van der Waals surface area contributed by atoms with E-state index in [0.29, 0.717) is 20.8 Å². The fourth-order valence-electron chi connectivity index (χ4n) is 1.30. The van der Waals surface area contributed by atoms with Crippen molar-refractivity contribution in [1.29, 1.82) is 0 Å². The molecule has 0 aliphatic carbocycles. The highest BCUT2D eigenvalue weighted by atomic mass is 35.5. The number of benzene rings is 2. The number of halogens is 3. The van der Waals surface area contributed by atoms with Gasteiger partial charge in [-0.15, -0.1) is 0 Å². The molecule has 0 heterocycles. The first-order chi connectivity index (χ1) is 8.18. The number of rotatable bonds is 2. The van der Waals surface area contributed by atoms with E-state index in [2.05, 4.69) is 4.99 Å². The van der Waals surface area contributed by atoms with Gasteiger partial charge in [0.1, 0.15) is 0 Å². The van der Waals surface area contributed by atoms with Crippen LogP contribution in [0.5, 0.6) is 0 Å². The summed E-state index contributed by atoms with van der Waals surface area (Å²) in [5.74, 6) is 0. The van der Waals surface area contributed by atoms with Gasteiger partial charge in [0.15, 0.2) is 0 Å². The molecule has 2 aromatic rings. The summed E-state index contributed by atoms with van der Waals surface area (Å²) >= 11 is 17.8. The first-order valence-electron chi connectivity index (χ1n) is 4.91. The SMILES string of the molecule is Clc1ccc(N=Cc2ccccc2)c(Cl)c1Cl. The lowest BCUT2D eigenvalue weighted by Crippen LogP contribution is -1.79. The van der Waals surface area contributed by atoms with Crippen LogP contribution in [0, 0.1) is 0 Å². The van der Waals surface area contributed by atoms with Crippen LogP contribution in [0.3, 0.4) is 0 Å². The van der Waals surface area contributed by atoms with Crippen LogP contribution in [-0.2, 0) is 0 Å². The molecule has 0 fully saturated rings. The largest absolute Gasteiger partial charge is 0.255 e. The summed E-state index contributed by atoms with van der Waals surface area (Å²) in [5.41, 5.74) is 1.60. The normalized spacial score (nSPS) is 11.0. The molecule has 2 rings (SSSR count). The summed E-state index contributed by atoms with van der Waals surface area (Å²) in [6.07, 6.45) is 1.73. The first kappa shape index (κ1) is 12.4. The van der Waals surface area contributed by atoms with Crippen molar-refractivity contribution in [2.75, 3.05) is 0 Å². The molecule has 0 bridgehead atoms. The van der Waals surface area contributed by atoms with E-state index in [1.165, 1.54) is 0 Å². The van der Waals surface area contributed by atoms with Crippen molar-refractivity contribution in [3.8, 4) is 0 Å². The van der Waals surface area contributed by atoms with Gasteiger partial charge in [-0.3, -0.25) is 4.99 Å². The average molecular weight is 285 g/mol. The van der Waals surface area contributed by atoms with E-state index in [9.17, 15) is 0 Å². The number of hydrogen-bond donors (Lipinski definition) is 0. The zero-order valence-electron chi connectivity index (χ0n) is 8.70. The molecule has 17 heavy (non-hydrogen) atoms. The topological polar surface area (TPSA) is 12.4 Å². The standard InChI is InChI=1S/C13H8Cl3N/c14-10-6-7-11(13(16)12(10)15)17-8-9-4-2-1-3-5-9/h1-8H. The lowest BCUT2D eigenvalue weighted by atomic mass is 10.2. The minimum atomic E-state index is 0.330. The molecule has 0 radical (unpaired) electrons. The van der Waals surface area contributed by atoms with Crippen LogP contribution in [0.15, 0.2) is 47.5 Å². The van der Waals surface area contributed by atoms with Crippen LogP contribution in [0.25, 0.3) is 0 Å². The highest BCUT2D eigenvalue weighted by Gasteiger charge is 2.07. The minimum Gasteiger partial charge on any atom is -0.255 e. The monoisotopic (exact) mass is 283 g/mol. The van der Waals surface area contributed by atoms with E-state index in [4.69, 9.17) is 34.8 Å². The smallest absolute Gasteiger partial charge is 0.0864 e. The quantitative estimate of drug-likeness (QED) is 0.517. The fraction of sp³-hybridized carbons (Fsp3) is 0. The van der Waals surface area contributed by atoms with Crippen molar-refractivity contribution in [1.82, 2.24) is 0 Å². The van der Waals surface area contributed by atoms with E-state index in [1.54, 1.807) is 18.3 Å². The Kier molecular flexibility index (Phi) is 4.06. The minimum absolute atomic E-state index is 0.330.